The van der Waals surface area contributed by atoms with Crippen molar-refractivity contribution in [3.63, 3.8) is 0 Å². The average Bonchev–Trinajstić information content (AvgIpc) is 3.10. The van der Waals surface area contributed by atoms with E-state index in [2.05, 4.69) is 13.8 Å². The molecule has 8 heteroatoms. The van der Waals surface area contributed by atoms with Crippen LogP contribution < -0.4 is 9.47 Å². The molecule has 0 aliphatic heterocycles. The van der Waals surface area contributed by atoms with Crippen LogP contribution in [0, 0.1) is 35.1 Å². The monoisotopic (exact) mass is 660 g/mol. The highest BCUT2D eigenvalue weighted by atomic mass is 19.2. The summed E-state index contributed by atoms with van der Waals surface area (Å²) in [5, 5.41) is 0. The van der Waals surface area contributed by atoms with E-state index in [4.69, 9.17) is 9.47 Å². The number of ether oxygens (including phenoxy) is 2. The first-order valence-corrected chi connectivity index (χ1v) is 16.8. The van der Waals surface area contributed by atoms with E-state index in [0.717, 1.165) is 61.8 Å². The fourth-order valence-electron chi connectivity index (χ4n) is 6.16. The first-order valence-electron chi connectivity index (χ1n) is 16.8. The van der Waals surface area contributed by atoms with E-state index >= 15 is 8.78 Å². The standard InChI is InChI=1S/C40H40F4O4/c1-3-5-7-25-9-13-27(14-10-25)35-33(23-21-31(41)37(35)43)47-39(45)29-17-19-30(20-18-29)40(46)48-34-24-22-32(42)38(44)36(34)28-15-11-26(12-16-28)8-6-4-2/h9-16,21-24,29-30H,3-8,17-20H2,1-2H3. The van der Waals surface area contributed by atoms with Crippen LogP contribution in [0.2, 0.25) is 0 Å². The second-order valence-corrected chi connectivity index (χ2v) is 12.5. The Kier molecular flexibility index (Phi) is 11.7. The second-order valence-electron chi connectivity index (χ2n) is 12.5. The van der Waals surface area contributed by atoms with Crippen molar-refractivity contribution in [2.45, 2.75) is 78.1 Å². The lowest BCUT2D eigenvalue weighted by molar-refractivity contribution is -0.145. The van der Waals surface area contributed by atoms with Crippen LogP contribution in [0.5, 0.6) is 11.5 Å². The lowest BCUT2D eigenvalue weighted by Gasteiger charge is -2.26. The molecule has 0 heterocycles. The number of esters is 2. The fraction of sp³-hybridized carbons (Fsp3) is 0.350. The highest BCUT2D eigenvalue weighted by molar-refractivity contribution is 5.82. The summed E-state index contributed by atoms with van der Waals surface area (Å²) in [6, 6.07) is 18.5. The zero-order valence-corrected chi connectivity index (χ0v) is 27.3. The molecule has 4 nitrogen and oxygen atoms in total. The number of carbonyl (C=O) groups excluding carboxylic acids is 2. The molecule has 1 aliphatic carbocycles. The smallest absolute Gasteiger partial charge is 0.314 e. The van der Waals surface area contributed by atoms with Crippen LogP contribution in [0.25, 0.3) is 22.3 Å². The Hall–Kier alpha value is -4.46. The van der Waals surface area contributed by atoms with Gasteiger partial charge in [0.05, 0.1) is 23.0 Å². The molecule has 4 aromatic rings. The zero-order valence-electron chi connectivity index (χ0n) is 27.3. The molecule has 0 radical (unpaired) electrons. The maximum atomic E-state index is 15.0. The molecular weight excluding hydrogens is 620 g/mol. The first kappa shape index (κ1) is 34.9. The molecule has 252 valence electrons. The molecular formula is C40H40F4O4. The van der Waals surface area contributed by atoms with Gasteiger partial charge in [0.15, 0.2) is 23.3 Å². The normalized spacial score (nSPS) is 16.0. The fourth-order valence-corrected chi connectivity index (χ4v) is 6.16. The van der Waals surface area contributed by atoms with Gasteiger partial charge in [0.1, 0.15) is 11.5 Å². The van der Waals surface area contributed by atoms with E-state index in [1.54, 1.807) is 24.3 Å². The highest BCUT2D eigenvalue weighted by Crippen LogP contribution is 2.39. The van der Waals surface area contributed by atoms with Crippen molar-refractivity contribution < 1.29 is 36.6 Å². The molecule has 1 saturated carbocycles. The van der Waals surface area contributed by atoms with Crippen LogP contribution in [0.1, 0.15) is 76.3 Å². The van der Waals surface area contributed by atoms with E-state index < -0.39 is 47.0 Å². The Morgan fingerprint density at radius 1 is 0.562 bits per heavy atom. The van der Waals surface area contributed by atoms with Crippen molar-refractivity contribution in [1.29, 1.82) is 0 Å². The number of hydrogen-bond donors (Lipinski definition) is 0. The number of hydrogen-bond acceptors (Lipinski definition) is 4. The average molecular weight is 661 g/mol. The molecule has 1 fully saturated rings. The predicted molar refractivity (Wildman–Crippen MR) is 178 cm³/mol. The second kappa shape index (κ2) is 16.1. The summed E-state index contributed by atoms with van der Waals surface area (Å²) >= 11 is 0. The van der Waals surface area contributed by atoms with Gasteiger partial charge in [0.2, 0.25) is 0 Å². The SMILES string of the molecule is CCCCc1ccc(-c2c(OC(=O)C3CCC(C(=O)Oc4ccc(F)c(F)c4-c4ccc(CCCC)cc4)CC3)ccc(F)c2F)cc1. The molecule has 0 N–H and O–H groups in total. The molecule has 0 saturated heterocycles. The van der Waals surface area contributed by atoms with Crippen molar-refractivity contribution in [2.24, 2.45) is 11.8 Å². The van der Waals surface area contributed by atoms with E-state index in [1.807, 2.05) is 24.3 Å². The number of carbonyl (C=O) groups is 2. The quantitative estimate of drug-likeness (QED) is 0.0862. The largest absolute Gasteiger partial charge is 0.426 e. The summed E-state index contributed by atoms with van der Waals surface area (Å²) < 4.78 is 69.9. The van der Waals surface area contributed by atoms with Gasteiger partial charge in [0.25, 0.3) is 0 Å². The van der Waals surface area contributed by atoms with Gasteiger partial charge in [0, 0.05) is 0 Å². The van der Waals surface area contributed by atoms with Gasteiger partial charge < -0.3 is 9.47 Å². The minimum Gasteiger partial charge on any atom is -0.426 e. The number of rotatable bonds is 12. The highest BCUT2D eigenvalue weighted by Gasteiger charge is 2.33. The Morgan fingerprint density at radius 3 is 1.25 bits per heavy atom. The summed E-state index contributed by atoms with van der Waals surface area (Å²) in [4.78, 5) is 26.4. The molecule has 0 atom stereocenters. The number of halogens is 4. The number of benzene rings is 4. The molecule has 0 spiro atoms. The molecule has 5 rings (SSSR count). The van der Waals surface area contributed by atoms with Crippen LogP contribution in [0.3, 0.4) is 0 Å². The van der Waals surface area contributed by atoms with Crippen molar-refractivity contribution in [3.8, 4) is 33.8 Å². The molecule has 0 unspecified atom stereocenters. The predicted octanol–water partition coefficient (Wildman–Crippen LogP) is 10.6. The summed E-state index contributed by atoms with van der Waals surface area (Å²) in [6.07, 6.45) is 7.03. The van der Waals surface area contributed by atoms with Crippen molar-refractivity contribution >= 4 is 11.9 Å². The van der Waals surface area contributed by atoms with Crippen LogP contribution >= 0.6 is 0 Å². The first-order chi connectivity index (χ1) is 23.2. The molecule has 1 aliphatic rings. The minimum atomic E-state index is -1.10. The third-order valence-corrected chi connectivity index (χ3v) is 9.05. The van der Waals surface area contributed by atoms with Gasteiger partial charge in [-0.2, -0.15) is 0 Å². The molecule has 0 amide bonds. The summed E-state index contributed by atoms with van der Waals surface area (Å²) in [5.74, 6) is -6.80. The van der Waals surface area contributed by atoms with Crippen molar-refractivity contribution in [1.82, 2.24) is 0 Å². The maximum absolute atomic E-state index is 15.0. The van der Waals surface area contributed by atoms with Crippen molar-refractivity contribution in [2.75, 3.05) is 0 Å². The van der Waals surface area contributed by atoms with Gasteiger partial charge in [-0.05, 0) is 97.9 Å². The van der Waals surface area contributed by atoms with Crippen molar-refractivity contribution in [3.05, 3.63) is 107 Å². The molecule has 48 heavy (non-hydrogen) atoms. The van der Waals surface area contributed by atoms with Crippen LogP contribution in [-0.4, -0.2) is 11.9 Å². The molecule has 4 aromatic carbocycles. The summed E-state index contributed by atoms with van der Waals surface area (Å²) in [6.45, 7) is 4.19. The lowest BCUT2D eigenvalue weighted by Crippen LogP contribution is -2.30. The van der Waals surface area contributed by atoms with Crippen LogP contribution in [0.15, 0.2) is 72.8 Å². The Morgan fingerprint density at radius 2 is 0.917 bits per heavy atom. The van der Waals surface area contributed by atoms with Gasteiger partial charge in [-0.1, -0.05) is 75.2 Å². The van der Waals surface area contributed by atoms with E-state index in [-0.39, 0.29) is 22.6 Å². The minimum absolute atomic E-state index is 0.0778. The van der Waals surface area contributed by atoms with Gasteiger partial charge in [-0.15, -0.1) is 0 Å². The van der Waals surface area contributed by atoms with Gasteiger partial charge >= 0.3 is 11.9 Å². The van der Waals surface area contributed by atoms with E-state index in [9.17, 15) is 18.4 Å². The zero-order chi connectivity index (χ0) is 34.2. The maximum Gasteiger partial charge on any atom is 0.314 e. The van der Waals surface area contributed by atoms with E-state index in [1.165, 1.54) is 12.1 Å². The van der Waals surface area contributed by atoms with Gasteiger partial charge in [-0.25, -0.2) is 17.6 Å². The Labute approximate surface area is 279 Å². The molecule has 0 bridgehead atoms. The van der Waals surface area contributed by atoms with Crippen LogP contribution in [0.4, 0.5) is 17.6 Å². The summed E-state index contributed by atoms with van der Waals surface area (Å²) in [5.41, 5.74) is 2.68. The Balaban J connectivity index is 1.24. The van der Waals surface area contributed by atoms with Gasteiger partial charge in [-0.3, -0.25) is 9.59 Å². The van der Waals surface area contributed by atoms with Crippen LogP contribution in [-0.2, 0) is 22.4 Å². The molecule has 0 aromatic heterocycles. The topological polar surface area (TPSA) is 52.6 Å². The lowest BCUT2D eigenvalue weighted by atomic mass is 9.82. The number of unbranched alkanes of at least 4 members (excludes halogenated alkanes) is 2. The Bertz CT molecular complexity index is 1600. The third-order valence-electron chi connectivity index (χ3n) is 9.05. The van der Waals surface area contributed by atoms with E-state index in [0.29, 0.717) is 36.8 Å². The number of aryl methyl sites for hydroxylation is 2. The summed E-state index contributed by atoms with van der Waals surface area (Å²) in [7, 11) is 0. The third kappa shape index (κ3) is 8.15.